The number of carbonyl (C=O) groups is 1. The molecule has 0 atom stereocenters. The summed E-state index contributed by atoms with van der Waals surface area (Å²) in [4.78, 5) is 10.1. The molecule has 0 aliphatic carbocycles. The van der Waals surface area contributed by atoms with Gasteiger partial charge in [0.2, 0.25) is 6.41 Å². The minimum atomic E-state index is 0.660. The van der Waals surface area contributed by atoms with Crippen LogP contribution in [0.4, 0.5) is 5.69 Å². The third-order valence-corrected chi connectivity index (χ3v) is 1.85. The SMILES string of the molecule is CCCCOc1ccc(NC=O)cc1. The number of rotatable bonds is 6. The zero-order valence-electron chi connectivity index (χ0n) is 8.32. The van der Waals surface area contributed by atoms with E-state index in [1.165, 1.54) is 0 Å². The lowest BCUT2D eigenvalue weighted by Crippen LogP contribution is -1.97. The lowest BCUT2D eigenvalue weighted by atomic mass is 10.3. The highest BCUT2D eigenvalue weighted by Gasteiger charge is 1.93. The third kappa shape index (κ3) is 3.47. The smallest absolute Gasteiger partial charge is 0.211 e. The summed E-state index contributed by atoms with van der Waals surface area (Å²) in [6.07, 6.45) is 2.85. The minimum absolute atomic E-state index is 0.660. The van der Waals surface area contributed by atoms with Crippen molar-refractivity contribution in [2.24, 2.45) is 0 Å². The number of anilines is 1. The maximum Gasteiger partial charge on any atom is 0.211 e. The second kappa shape index (κ2) is 6.02. The van der Waals surface area contributed by atoms with Gasteiger partial charge in [-0.2, -0.15) is 0 Å². The van der Waals surface area contributed by atoms with Gasteiger partial charge in [0.15, 0.2) is 0 Å². The first-order valence-corrected chi connectivity index (χ1v) is 4.80. The summed E-state index contributed by atoms with van der Waals surface area (Å²) in [6, 6.07) is 7.33. The number of hydrogen-bond donors (Lipinski definition) is 1. The first kappa shape index (κ1) is 10.6. The summed E-state index contributed by atoms with van der Waals surface area (Å²) in [7, 11) is 0. The van der Waals surface area contributed by atoms with Crippen molar-refractivity contribution in [1.29, 1.82) is 0 Å². The fraction of sp³-hybridized carbons (Fsp3) is 0.364. The van der Waals surface area contributed by atoms with Gasteiger partial charge in [-0.15, -0.1) is 0 Å². The summed E-state index contributed by atoms with van der Waals surface area (Å²) < 4.78 is 5.46. The van der Waals surface area contributed by atoms with Crippen molar-refractivity contribution in [2.45, 2.75) is 19.8 Å². The monoisotopic (exact) mass is 193 g/mol. The van der Waals surface area contributed by atoms with E-state index in [2.05, 4.69) is 12.2 Å². The van der Waals surface area contributed by atoms with Crippen molar-refractivity contribution < 1.29 is 9.53 Å². The van der Waals surface area contributed by atoms with Crippen molar-refractivity contribution in [3.05, 3.63) is 24.3 Å². The molecule has 0 bridgehead atoms. The van der Waals surface area contributed by atoms with Crippen LogP contribution in [0, 0.1) is 0 Å². The summed E-state index contributed by atoms with van der Waals surface area (Å²) >= 11 is 0. The van der Waals surface area contributed by atoms with Gasteiger partial charge in [0, 0.05) is 5.69 Å². The fourth-order valence-corrected chi connectivity index (χ4v) is 1.05. The molecule has 1 aromatic carbocycles. The maximum atomic E-state index is 10.1. The molecule has 1 amide bonds. The van der Waals surface area contributed by atoms with Gasteiger partial charge in [-0.25, -0.2) is 0 Å². The largest absolute Gasteiger partial charge is 0.494 e. The first-order valence-electron chi connectivity index (χ1n) is 4.80. The molecule has 0 aliphatic heterocycles. The Hall–Kier alpha value is -1.51. The van der Waals surface area contributed by atoms with Crippen LogP contribution in [0.1, 0.15) is 19.8 Å². The van der Waals surface area contributed by atoms with Crippen LogP contribution >= 0.6 is 0 Å². The van der Waals surface area contributed by atoms with Crippen molar-refractivity contribution in [2.75, 3.05) is 11.9 Å². The molecule has 14 heavy (non-hydrogen) atoms. The van der Waals surface area contributed by atoms with Crippen LogP contribution in [0.25, 0.3) is 0 Å². The molecule has 3 heteroatoms. The highest BCUT2D eigenvalue weighted by molar-refractivity contribution is 5.71. The Bertz CT molecular complexity index is 269. The quantitative estimate of drug-likeness (QED) is 0.556. The van der Waals surface area contributed by atoms with E-state index in [0.717, 1.165) is 30.9 Å². The van der Waals surface area contributed by atoms with Gasteiger partial charge in [0.05, 0.1) is 6.61 Å². The van der Waals surface area contributed by atoms with Crippen molar-refractivity contribution in [1.82, 2.24) is 0 Å². The Morgan fingerprint density at radius 3 is 2.64 bits per heavy atom. The summed E-state index contributed by atoms with van der Waals surface area (Å²) in [5.74, 6) is 0.842. The zero-order valence-corrected chi connectivity index (χ0v) is 8.32. The van der Waals surface area contributed by atoms with Crippen LogP contribution in [0.2, 0.25) is 0 Å². The first-order chi connectivity index (χ1) is 6.86. The number of ether oxygens (including phenoxy) is 1. The minimum Gasteiger partial charge on any atom is -0.494 e. The van der Waals surface area contributed by atoms with Crippen LogP contribution in [0.15, 0.2) is 24.3 Å². The molecule has 3 nitrogen and oxygen atoms in total. The van der Waals surface area contributed by atoms with Gasteiger partial charge in [0.1, 0.15) is 5.75 Å². The molecular weight excluding hydrogens is 178 g/mol. The van der Waals surface area contributed by atoms with E-state index in [1.54, 1.807) is 0 Å². The van der Waals surface area contributed by atoms with Gasteiger partial charge in [-0.3, -0.25) is 4.79 Å². The number of hydrogen-bond acceptors (Lipinski definition) is 2. The Labute approximate surface area is 84.1 Å². The second-order valence-corrected chi connectivity index (χ2v) is 2.99. The number of carbonyl (C=O) groups excluding carboxylic acids is 1. The van der Waals surface area contributed by atoms with Crippen molar-refractivity contribution >= 4 is 12.1 Å². The number of benzene rings is 1. The van der Waals surface area contributed by atoms with Gasteiger partial charge >= 0.3 is 0 Å². The van der Waals surface area contributed by atoms with Gasteiger partial charge in [-0.1, -0.05) is 13.3 Å². The molecule has 1 rings (SSSR count). The Morgan fingerprint density at radius 2 is 2.07 bits per heavy atom. The molecule has 0 saturated carbocycles. The van der Waals surface area contributed by atoms with E-state index in [4.69, 9.17) is 4.74 Å². The van der Waals surface area contributed by atoms with Crippen LogP contribution in [0.5, 0.6) is 5.75 Å². The molecule has 0 saturated heterocycles. The zero-order chi connectivity index (χ0) is 10.2. The molecule has 76 valence electrons. The fourth-order valence-electron chi connectivity index (χ4n) is 1.05. The summed E-state index contributed by atoms with van der Waals surface area (Å²) in [5, 5.41) is 2.57. The molecule has 0 radical (unpaired) electrons. The van der Waals surface area contributed by atoms with Crippen LogP contribution in [-0.2, 0) is 4.79 Å². The number of nitrogens with one attached hydrogen (secondary N) is 1. The number of unbranched alkanes of at least 4 members (excludes halogenated alkanes) is 1. The maximum absolute atomic E-state index is 10.1. The third-order valence-electron chi connectivity index (χ3n) is 1.85. The standard InChI is InChI=1S/C11H15NO2/c1-2-3-8-14-11-6-4-10(5-7-11)12-9-13/h4-7,9H,2-3,8H2,1H3,(H,12,13). The van der Waals surface area contributed by atoms with E-state index in [9.17, 15) is 4.79 Å². The van der Waals surface area contributed by atoms with Crippen LogP contribution < -0.4 is 10.1 Å². The average molecular weight is 193 g/mol. The summed E-state index contributed by atoms with van der Waals surface area (Å²) in [5.41, 5.74) is 0.780. The van der Waals surface area contributed by atoms with Crippen molar-refractivity contribution in [3.63, 3.8) is 0 Å². The molecule has 1 N–H and O–H groups in total. The van der Waals surface area contributed by atoms with Crippen molar-refractivity contribution in [3.8, 4) is 5.75 Å². The van der Waals surface area contributed by atoms with E-state index < -0.39 is 0 Å². The Morgan fingerprint density at radius 1 is 1.36 bits per heavy atom. The van der Waals surface area contributed by atoms with Gasteiger partial charge < -0.3 is 10.1 Å². The van der Waals surface area contributed by atoms with Gasteiger partial charge in [-0.05, 0) is 30.7 Å². The topological polar surface area (TPSA) is 38.3 Å². The summed E-state index contributed by atoms with van der Waals surface area (Å²) in [6.45, 7) is 2.87. The van der Waals surface area contributed by atoms with E-state index in [0.29, 0.717) is 6.41 Å². The molecule has 0 aromatic heterocycles. The molecule has 0 heterocycles. The normalized spacial score (nSPS) is 9.50. The van der Waals surface area contributed by atoms with E-state index >= 15 is 0 Å². The molecule has 0 fully saturated rings. The van der Waals surface area contributed by atoms with E-state index in [1.807, 2.05) is 24.3 Å². The number of amides is 1. The van der Waals surface area contributed by atoms with Crippen LogP contribution in [0.3, 0.4) is 0 Å². The molecule has 0 spiro atoms. The molecular formula is C11H15NO2. The average Bonchev–Trinajstić information content (AvgIpc) is 2.21. The molecule has 0 aliphatic rings. The van der Waals surface area contributed by atoms with Crippen LogP contribution in [-0.4, -0.2) is 13.0 Å². The highest BCUT2D eigenvalue weighted by Crippen LogP contribution is 2.15. The lowest BCUT2D eigenvalue weighted by molar-refractivity contribution is -0.105. The van der Waals surface area contributed by atoms with Gasteiger partial charge in [0.25, 0.3) is 0 Å². The predicted molar refractivity (Wildman–Crippen MR) is 56.5 cm³/mol. The Kier molecular flexibility index (Phi) is 4.55. The second-order valence-electron chi connectivity index (χ2n) is 2.99. The predicted octanol–water partition coefficient (Wildman–Crippen LogP) is 2.43. The van der Waals surface area contributed by atoms with E-state index in [-0.39, 0.29) is 0 Å². The lowest BCUT2D eigenvalue weighted by Gasteiger charge is -2.05. The molecule has 0 unspecified atom stereocenters. The highest BCUT2D eigenvalue weighted by atomic mass is 16.5. The Balaban J connectivity index is 2.42. The molecule has 1 aromatic rings.